The Labute approximate surface area is 273 Å². The monoisotopic (exact) mass is 649 g/mol. The topological polar surface area (TPSA) is 69.0 Å². The second kappa shape index (κ2) is 14.6. The largest absolute Gasteiger partial charge is 0.453 e. The molecule has 0 saturated heterocycles. The van der Waals surface area contributed by atoms with Gasteiger partial charge in [0.05, 0.1) is 10.9 Å². The number of benzene rings is 3. The smallest absolute Gasteiger partial charge is 0.449 e. The van der Waals surface area contributed by atoms with Crippen molar-refractivity contribution in [1.82, 2.24) is 4.90 Å². The van der Waals surface area contributed by atoms with E-state index in [0.717, 1.165) is 22.3 Å². The van der Waals surface area contributed by atoms with Crippen molar-refractivity contribution in [3.63, 3.8) is 0 Å². The Kier molecular flexibility index (Phi) is 11.0. The molecular formula is C38H42F3NO5. The zero-order valence-electron chi connectivity index (χ0n) is 28.2. The SMILES string of the molecule is Cc1ccc(/C=C/C(=O)Oc2ccc3c(=O)c(Oc4cc(C)cc(C)c4C)c(C(F)(F)F)oc3c2CN(CC(C)C)CC(C)C)cc1. The van der Waals surface area contributed by atoms with Crippen molar-refractivity contribution in [2.24, 2.45) is 11.8 Å². The first kappa shape index (κ1) is 35.5. The lowest BCUT2D eigenvalue weighted by Crippen LogP contribution is -2.31. The van der Waals surface area contributed by atoms with Gasteiger partial charge < -0.3 is 13.9 Å². The highest BCUT2D eigenvalue weighted by molar-refractivity contribution is 5.90. The summed E-state index contributed by atoms with van der Waals surface area (Å²) in [5.41, 5.74) is 2.89. The number of esters is 1. The lowest BCUT2D eigenvalue weighted by molar-refractivity contribution is -0.154. The number of carbonyl (C=O) groups is 1. The molecule has 1 aromatic heterocycles. The molecule has 0 aliphatic rings. The zero-order chi connectivity index (χ0) is 34.6. The van der Waals surface area contributed by atoms with Crippen LogP contribution in [0.25, 0.3) is 17.0 Å². The summed E-state index contributed by atoms with van der Waals surface area (Å²) in [4.78, 5) is 28.9. The third-order valence-electron chi connectivity index (χ3n) is 7.64. The summed E-state index contributed by atoms with van der Waals surface area (Å²) in [6.07, 6.45) is -2.22. The van der Waals surface area contributed by atoms with Crippen molar-refractivity contribution in [2.45, 2.75) is 68.1 Å². The van der Waals surface area contributed by atoms with E-state index in [0.29, 0.717) is 18.7 Å². The Morgan fingerprint density at radius 2 is 1.53 bits per heavy atom. The Hall–Kier alpha value is -4.37. The normalized spacial score (nSPS) is 12.2. The Morgan fingerprint density at radius 3 is 2.13 bits per heavy atom. The van der Waals surface area contributed by atoms with Crippen LogP contribution in [0.2, 0.25) is 0 Å². The molecule has 0 aliphatic heterocycles. The molecule has 0 saturated carbocycles. The van der Waals surface area contributed by atoms with Crippen LogP contribution < -0.4 is 14.9 Å². The molecule has 1 heterocycles. The second-order valence-electron chi connectivity index (χ2n) is 13.0. The van der Waals surface area contributed by atoms with Gasteiger partial charge in [0.25, 0.3) is 5.76 Å². The van der Waals surface area contributed by atoms with Crippen LogP contribution in [0.4, 0.5) is 13.2 Å². The molecule has 47 heavy (non-hydrogen) atoms. The molecule has 0 spiro atoms. The first-order valence-corrected chi connectivity index (χ1v) is 15.7. The number of hydrogen-bond donors (Lipinski definition) is 0. The first-order chi connectivity index (χ1) is 22.0. The van der Waals surface area contributed by atoms with Crippen LogP contribution in [0, 0.1) is 39.5 Å². The number of fused-ring (bicyclic) bond motifs is 1. The van der Waals surface area contributed by atoms with Gasteiger partial charge in [0.2, 0.25) is 11.2 Å². The van der Waals surface area contributed by atoms with Gasteiger partial charge >= 0.3 is 12.1 Å². The summed E-state index contributed by atoms with van der Waals surface area (Å²) in [6, 6.07) is 13.7. The van der Waals surface area contributed by atoms with Crippen molar-refractivity contribution >= 4 is 23.0 Å². The summed E-state index contributed by atoms with van der Waals surface area (Å²) in [5.74, 6) is -2.65. The minimum absolute atomic E-state index is 0.00339. The van der Waals surface area contributed by atoms with Gasteiger partial charge in [-0.3, -0.25) is 9.69 Å². The van der Waals surface area contributed by atoms with E-state index in [1.165, 1.54) is 18.2 Å². The molecule has 0 aliphatic carbocycles. The van der Waals surface area contributed by atoms with E-state index in [1.807, 2.05) is 71.9 Å². The number of ether oxygens (including phenoxy) is 2. The lowest BCUT2D eigenvalue weighted by Gasteiger charge is -2.27. The summed E-state index contributed by atoms with van der Waals surface area (Å²) in [5, 5.41) is -0.117. The highest BCUT2D eigenvalue weighted by Crippen LogP contribution is 2.41. The molecular weight excluding hydrogens is 607 g/mol. The van der Waals surface area contributed by atoms with Crippen LogP contribution >= 0.6 is 0 Å². The average Bonchev–Trinajstić information content (AvgIpc) is 2.96. The van der Waals surface area contributed by atoms with Gasteiger partial charge in [-0.05, 0) is 86.1 Å². The van der Waals surface area contributed by atoms with Crippen molar-refractivity contribution in [2.75, 3.05) is 13.1 Å². The molecule has 4 aromatic rings. The highest BCUT2D eigenvalue weighted by Gasteiger charge is 2.41. The lowest BCUT2D eigenvalue weighted by atomic mass is 10.0. The van der Waals surface area contributed by atoms with E-state index >= 15 is 0 Å². The molecule has 4 rings (SSSR count). The van der Waals surface area contributed by atoms with E-state index in [9.17, 15) is 22.8 Å². The standard InChI is InChI=1S/C38H42F3NO5/c1-22(2)19-42(20-23(3)4)21-30-31(45-33(43)16-13-28-11-9-24(5)10-12-28)15-14-29-34(44)36(37(38(39,40)41)47-35(29)30)46-32-18-25(6)17-26(7)27(32)8/h9-18,22-23H,19-21H2,1-8H3/b16-13+. The van der Waals surface area contributed by atoms with Crippen LogP contribution in [0.3, 0.4) is 0 Å². The van der Waals surface area contributed by atoms with E-state index < -0.39 is 29.1 Å². The Bertz CT molecular complexity index is 1830. The van der Waals surface area contributed by atoms with Crippen molar-refractivity contribution < 1.29 is 31.9 Å². The van der Waals surface area contributed by atoms with Gasteiger partial charge in [-0.25, -0.2) is 4.79 Å². The average molecular weight is 650 g/mol. The molecule has 0 N–H and O–H groups in total. The number of hydrogen-bond acceptors (Lipinski definition) is 6. The Balaban J connectivity index is 1.90. The van der Waals surface area contributed by atoms with Crippen LogP contribution in [-0.2, 0) is 17.5 Å². The van der Waals surface area contributed by atoms with E-state index in [2.05, 4.69) is 4.90 Å². The fourth-order valence-corrected chi connectivity index (χ4v) is 5.46. The molecule has 3 aromatic carbocycles. The number of halogens is 3. The fourth-order valence-electron chi connectivity index (χ4n) is 5.46. The maximum Gasteiger partial charge on any atom is 0.453 e. The quantitative estimate of drug-likeness (QED) is 0.0916. The van der Waals surface area contributed by atoms with E-state index in [-0.39, 0.29) is 46.4 Å². The molecule has 0 atom stereocenters. The number of nitrogens with zero attached hydrogens (tertiary/aromatic N) is 1. The van der Waals surface area contributed by atoms with Crippen LogP contribution in [-0.4, -0.2) is 24.0 Å². The van der Waals surface area contributed by atoms with Crippen LogP contribution in [0.15, 0.2) is 63.8 Å². The maximum atomic E-state index is 14.6. The van der Waals surface area contributed by atoms with Crippen molar-refractivity contribution in [3.05, 3.63) is 104 Å². The molecule has 9 heteroatoms. The second-order valence-corrected chi connectivity index (χ2v) is 13.0. The van der Waals surface area contributed by atoms with Crippen molar-refractivity contribution in [3.8, 4) is 17.2 Å². The van der Waals surface area contributed by atoms with Crippen molar-refractivity contribution in [1.29, 1.82) is 0 Å². The maximum absolute atomic E-state index is 14.6. The van der Waals surface area contributed by atoms with Gasteiger partial charge in [-0.15, -0.1) is 0 Å². The van der Waals surface area contributed by atoms with Gasteiger partial charge in [-0.2, -0.15) is 13.2 Å². The highest BCUT2D eigenvalue weighted by atomic mass is 19.4. The van der Waals surface area contributed by atoms with Gasteiger partial charge in [0.1, 0.15) is 17.1 Å². The minimum Gasteiger partial charge on any atom is -0.449 e. The summed E-state index contributed by atoms with van der Waals surface area (Å²) >= 11 is 0. The van der Waals surface area contributed by atoms with Gasteiger partial charge in [0, 0.05) is 25.7 Å². The van der Waals surface area contributed by atoms with Gasteiger partial charge in [0.15, 0.2) is 0 Å². The minimum atomic E-state index is -5.06. The number of carbonyl (C=O) groups excluding carboxylic acids is 1. The summed E-state index contributed by atoms with van der Waals surface area (Å²) in [6.45, 7) is 16.7. The third-order valence-corrected chi connectivity index (χ3v) is 7.64. The van der Waals surface area contributed by atoms with E-state index in [1.54, 1.807) is 26.0 Å². The predicted octanol–water partition coefficient (Wildman–Crippen LogP) is 9.57. The van der Waals surface area contributed by atoms with Gasteiger partial charge in [-0.1, -0.05) is 63.6 Å². The number of alkyl halides is 3. The third kappa shape index (κ3) is 8.92. The molecule has 0 radical (unpaired) electrons. The molecule has 0 bridgehead atoms. The van der Waals surface area contributed by atoms with E-state index in [4.69, 9.17) is 13.9 Å². The molecule has 0 fully saturated rings. The predicted molar refractivity (Wildman–Crippen MR) is 179 cm³/mol. The molecule has 0 amide bonds. The number of rotatable bonds is 11. The summed E-state index contributed by atoms with van der Waals surface area (Å²) < 4.78 is 61.0. The molecule has 250 valence electrons. The molecule has 0 unspecified atom stereocenters. The summed E-state index contributed by atoms with van der Waals surface area (Å²) in [7, 11) is 0. The fraction of sp³-hybridized carbons (Fsp3) is 0.368. The van der Waals surface area contributed by atoms with Crippen LogP contribution in [0.1, 0.15) is 66.8 Å². The van der Waals surface area contributed by atoms with Crippen LogP contribution in [0.5, 0.6) is 17.2 Å². The zero-order valence-corrected chi connectivity index (χ0v) is 28.2. The Morgan fingerprint density at radius 1 is 0.894 bits per heavy atom. The molecule has 6 nitrogen and oxygen atoms in total. The first-order valence-electron chi connectivity index (χ1n) is 15.7. The number of aryl methyl sites for hydroxylation is 3.